The standard InChI is InChI=1S/C18H21F3N2O3S/c1-11(2)17-23-13(9-27-17)12(3)22-16(24)8-25-14-6-4-5-7-15(14)26-10-18(19,20)21/h4-7,9,11-12H,8,10H2,1-3H3,(H,22,24). The topological polar surface area (TPSA) is 60.5 Å². The first-order valence-corrected chi connectivity index (χ1v) is 9.19. The maximum absolute atomic E-state index is 12.3. The van der Waals surface area contributed by atoms with Gasteiger partial charge in [0.15, 0.2) is 24.7 Å². The summed E-state index contributed by atoms with van der Waals surface area (Å²) in [5.41, 5.74) is 0.756. The number of halogens is 3. The number of alkyl halides is 3. The number of ether oxygens (including phenoxy) is 2. The van der Waals surface area contributed by atoms with Crippen molar-refractivity contribution in [2.75, 3.05) is 13.2 Å². The number of carbonyl (C=O) groups is 1. The fourth-order valence-corrected chi connectivity index (χ4v) is 3.04. The number of benzene rings is 1. The van der Waals surface area contributed by atoms with Crippen LogP contribution in [0.5, 0.6) is 11.5 Å². The lowest BCUT2D eigenvalue weighted by Gasteiger charge is -2.15. The number of amides is 1. The molecule has 1 aromatic carbocycles. The molecular formula is C18H21F3N2O3S. The van der Waals surface area contributed by atoms with E-state index in [1.54, 1.807) is 13.0 Å². The SMILES string of the molecule is CC(C)c1nc(C(C)NC(=O)COc2ccccc2OCC(F)(F)F)cs1. The summed E-state index contributed by atoms with van der Waals surface area (Å²) >= 11 is 1.53. The predicted molar refractivity (Wildman–Crippen MR) is 96.2 cm³/mol. The monoisotopic (exact) mass is 402 g/mol. The highest BCUT2D eigenvalue weighted by molar-refractivity contribution is 7.09. The van der Waals surface area contributed by atoms with Gasteiger partial charge in [0, 0.05) is 11.3 Å². The predicted octanol–water partition coefficient (Wildman–Crippen LogP) is 4.46. The van der Waals surface area contributed by atoms with Gasteiger partial charge in [-0.15, -0.1) is 11.3 Å². The van der Waals surface area contributed by atoms with Crippen LogP contribution in [0.3, 0.4) is 0 Å². The summed E-state index contributed by atoms with van der Waals surface area (Å²) in [5, 5.41) is 5.63. The van der Waals surface area contributed by atoms with Crippen molar-refractivity contribution >= 4 is 17.2 Å². The van der Waals surface area contributed by atoms with Gasteiger partial charge in [-0.3, -0.25) is 4.79 Å². The third-order valence-electron chi connectivity index (χ3n) is 3.45. The van der Waals surface area contributed by atoms with E-state index in [-0.39, 0.29) is 24.1 Å². The zero-order valence-corrected chi connectivity index (χ0v) is 16.0. The lowest BCUT2D eigenvalue weighted by Crippen LogP contribution is -2.31. The molecule has 9 heteroatoms. The fraction of sp³-hybridized carbons (Fsp3) is 0.444. The van der Waals surface area contributed by atoms with E-state index in [9.17, 15) is 18.0 Å². The molecule has 0 spiro atoms. The van der Waals surface area contributed by atoms with Crippen LogP contribution in [0, 0.1) is 0 Å². The molecule has 5 nitrogen and oxygen atoms in total. The molecule has 0 radical (unpaired) electrons. The van der Waals surface area contributed by atoms with Crippen molar-refractivity contribution < 1.29 is 27.4 Å². The van der Waals surface area contributed by atoms with Crippen LogP contribution in [0.1, 0.15) is 43.4 Å². The Morgan fingerprint density at radius 3 is 2.37 bits per heavy atom. The van der Waals surface area contributed by atoms with Gasteiger partial charge in [0.1, 0.15) is 0 Å². The Morgan fingerprint density at radius 2 is 1.81 bits per heavy atom. The van der Waals surface area contributed by atoms with Gasteiger partial charge in [-0.05, 0) is 19.1 Å². The van der Waals surface area contributed by atoms with Crippen molar-refractivity contribution in [2.45, 2.75) is 38.9 Å². The van der Waals surface area contributed by atoms with E-state index < -0.39 is 18.7 Å². The van der Waals surface area contributed by atoms with Crippen LogP contribution in [0.2, 0.25) is 0 Å². The number of para-hydroxylation sites is 2. The number of nitrogens with one attached hydrogen (secondary N) is 1. The highest BCUT2D eigenvalue weighted by atomic mass is 32.1. The Morgan fingerprint density at radius 1 is 1.19 bits per heavy atom. The van der Waals surface area contributed by atoms with Crippen molar-refractivity contribution in [1.82, 2.24) is 10.3 Å². The van der Waals surface area contributed by atoms with Crippen LogP contribution in [0.4, 0.5) is 13.2 Å². The highest BCUT2D eigenvalue weighted by Crippen LogP contribution is 2.28. The molecule has 1 unspecified atom stereocenters. The summed E-state index contributed by atoms with van der Waals surface area (Å²) in [5.74, 6) is -0.104. The largest absolute Gasteiger partial charge is 0.480 e. The van der Waals surface area contributed by atoms with Gasteiger partial charge in [-0.1, -0.05) is 26.0 Å². The van der Waals surface area contributed by atoms with Gasteiger partial charge in [-0.25, -0.2) is 4.98 Å². The molecule has 1 amide bonds. The zero-order valence-electron chi connectivity index (χ0n) is 15.2. The van der Waals surface area contributed by atoms with Gasteiger partial charge in [0.2, 0.25) is 0 Å². The van der Waals surface area contributed by atoms with Gasteiger partial charge < -0.3 is 14.8 Å². The first kappa shape index (κ1) is 21.0. The Labute approximate surface area is 159 Å². The molecule has 0 fully saturated rings. The lowest BCUT2D eigenvalue weighted by atomic mass is 10.2. The smallest absolute Gasteiger partial charge is 0.422 e. The molecular weight excluding hydrogens is 381 g/mol. The average Bonchev–Trinajstić information content (AvgIpc) is 3.08. The van der Waals surface area contributed by atoms with Crippen molar-refractivity contribution in [1.29, 1.82) is 0 Å². The van der Waals surface area contributed by atoms with E-state index in [2.05, 4.69) is 10.3 Å². The maximum atomic E-state index is 12.3. The molecule has 27 heavy (non-hydrogen) atoms. The number of nitrogens with zero attached hydrogens (tertiary/aromatic N) is 1. The molecule has 148 valence electrons. The minimum atomic E-state index is -4.46. The summed E-state index contributed by atoms with van der Waals surface area (Å²) in [7, 11) is 0. The minimum Gasteiger partial charge on any atom is -0.480 e. The van der Waals surface area contributed by atoms with E-state index in [0.29, 0.717) is 5.92 Å². The van der Waals surface area contributed by atoms with E-state index >= 15 is 0 Å². The number of thiazole rings is 1. The van der Waals surface area contributed by atoms with Crippen molar-refractivity contribution in [2.24, 2.45) is 0 Å². The third kappa shape index (κ3) is 6.74. The summed E-state index contributed by atoms with van der Waals surface area (Å²) in [4.78, 5) is 16.6. The zero-order chi connectivity index (χ0) is 20.0. The highest BCUT2D eigenvalue weighted by Gasteiger charge is 2.29. The lowest BCUT2D eigenvalue weighted by molar-refractivity contribution is -0.153. The molecule has 0 aliphatic heterocycles. The molecule has 0 aliphatic rings. The first-order chi connectivity index (χ1) is 12.7. The Hall–Kier alpha value is -2.29. The van der Waals surface area contributed by atoms with Crippen LogP contribution >= 0.6 is 11.3 Å². The summed E-state index contributed by atoms with van der Waals surface area (Å²) in [6.07, 6.45) is -4.46. The minimum absolute atomic E-state index is 0.0697. The molecule has 1 atom stereocenters. The molecule has 0 saturated carbocycles. The van der Waals surface area contributed by atoms with Gasteiger partial charge in [0.25, 0.3) is 5.91 Å². The maximum Gasteiger partial charge on any atom is 0.422 e. The summed E-state index contributed by atoms with van der Waals surface area (Å²) in [6, 6.07) is 5.60. The average molecular weight is 402 g/mol. The van der Waals surface area contributed by atoms with E-state index in [0.717, 1.165) is 10.7 Å². The van der Waals surface area contributed by atoms with Crippen molar-refractivity contribution in [3.05, 3.63) is 40.3 Å². The molecule has 1 heterocycles. The molecule has 2 rings (SSSR count). The number of hydrogen-bond donors (Lipinski definition) is 1. The van der Waals surface area contributed by atoms with Gasteiger partial charge >= 0.3 is 6.18 Å². The quantitative estimate of drug-likeness (QED) is 0.708. The second kappa shape index (κ2) is 9.07. The van der Waals surface area contributed by atoms with Crippen LogP contribution in [0.25, 0.3) is 0 Å². The molecule has 1 N–H and O–H groups in total. The van der Waals surface area contributed by atoms with Crippen molar-refractivity contribution in [3.63, 3.8) is 0 Å². The van der Waals surface area contributed by atoms with Gasteiger partial charge in [-0.2, -0.15) is 13.2 Å². The normalized spacial score (nSPS) is 12.7. The van der Waals surface area contributed by atoms with Crippen LogP contribution in [0.15, 0.2) is 29.6 Å². The van der Waals surface area contributed by atoms with E-state index in [1.165, 1.54) is 29.5 Å². The number of carbonyl (C=O) groups excluding carboxylic acids is 1. The second-order valence-electron chi connectivity index (χ2n) is 6.19. The Kier molecular flexibility index (Phi) is 7.06. The molecule has 0 bridgehead atoms. The summed E-state index contributed by atoms with van der Waals surface area (Å²) in [6.45, 7) is 4.10. The third-order valence-corrected chi connectivity index (χ3v) is 4.62. The number of aromatic nitrogens is 1. The van der Waals surface area contributed by atoms with Crippen molar-refractivity contribution in [3.8, 4) is 11.5 Å². The van der Waals surface area contributed by atoms with Crippen LogP contribution in [-0.2, 0) is 4.79 Å². The van der Waals surface area contributed by atoms with Crippen LogP contribution < -0.4 is 14.8 Å². The molecule has 0 aliphatic carbocycles. The van der Waals surface area contributed by atoms with Crippen LogP contribution in [-0.4, -0.2) is 30.3 Å². The Balaban J connectivity index is 1.89. The number of hydrogen-bond acceptors (Lipinski definition) is 5. The molecule has 1 aromatic heterocycles. The van der Waals surface area contributed by atoms with Gasteiger partial charge in [0.05, 0.1) is 16.7 Å². The fourth-order valence-electron chi connectivity index (χ4n) is 2.11. The second-order valence-corrected chi connectivity index (χ2v) is 7.08. The number of rotatable bonds is 8. The molecule has 2 aromatic rings. The molecule has 0 saturated heterocycles. The van der Waals surface area contributed by atoms with E-state index in [4.69, 9.17) is 9.47 Å². The summed E-state index contributed by atoms with van der Waals surface area (Å²) < 4.78 is 47.0. The Bertz CT molecular complexity index is 762. The first-order valence-electron chi connectivity index (χ1n) is 8.31. The van der Waals surface area contributed by atoms with E-state index in [1.807, 2.05) is 19.2 Å².